The normalized spacial score (nSPS) is 17.2. The number of ether oxygens (including phenoxy) is 1. The molecule has 3 N–H and O–H groups in total. The summed E-state index contributed by atoms with van der Waals surface area (Å²) in [6, 6.07) is 7.46. The third kappa shape index (κ3) is 5.38. The number of carbonyl (C=O) groups excluding carboxylic acids is 2. The quantitative estimate of drug-likeness (QED) is 0.321. The third-order valence-electron chi connectivity index (χ3n) is 6.58. The number of anilines is 1. The topological polar surface area (TPSA) is 115 Å². The summed E-state index contributed by atoms with van der Waals surface area (Å²) in [5, 5.41) is 6.11. The van der Waals surface area contributed by atoms with E-state index in [-0.39, 0.29) is 23.4 Å². The SMILES string of the molecule is Nc1ncnn2c(-c3ccc(OC(F)F)c(C(=O)N[C@@H]4CN(C(=O)c5ccccc5F)C[C@@H]4F)c3)cc(C(F)(F)F)c12. The highest BCUT2D eigenvalue weighted by atomic mass is 19.4. The fraction of sp³-hybridized carbons (Fsp3) is 0.231. The van der Waals surface area contributed by atoms with Gasteiger partial charge in [0.05, 0.1) is 35.0 Å². The molecule has 1 aliphatic heterocycles. The summed E-state index contributed by atoms with van der Waals surface area (Å²) in [5.41, 5.74) is 2.75. The molecule has 220 valence electrons. The summed E-state index contributed by atoms with van der Waals surface area (Å²) in [5.74, 6) is -3.90. The summed E-state index contributed by atoms with van der Waals surface area (Å²) in [6.07, 6.45) is -5.77. The number of halogens is 7. The molecule has 5 rings (SSSR count). The van der Waals surface area contributed by atoms with Crippen LogP contribution in [0.4, 0.5) is 36.6 Å². The van der Waals surface area contributed by atoms with Gasteiger partial charge in [-0.05, 0) is 36.4 Å². The number of carbonyl (C=O) groups is 2. The lowest BCUT2D eigenvalue weighted by molar-refractivity contribution is -0.136. The van der Waals surface area contributed by atoms with Gasteiger partial charge in [0.25, 0.3) is 11.8 Å². The van der Waals surface area contributed by atoms with Crippen LogP contribution in [0.25, 0.3) is 16.8 Å². The van der Waals surface area contributed by atoms with E-state index in [0.29, 0.717) is 6.07 Å². The van der Waals surface area contributed by atoms with Crippen LogP contribution in [0.5, 0.6) is 5.75 Å². The summed E-state index contributed by atoms with van der Waals surface area (Å²) < 4.78 is 102. The third-order valence-corrected chi connectivity index (χ3v) is 6.58. The smallest absolute Gasteiger partial charge is 0.418 e. The van der Waals surface area contributed by atoms with Gasteiger partial charge in [-0.25, -0.2) is 18.3 Å². The van der Waals surface area contributed by atoms with E-state index in [1.54, 1.807) is 0 Å². The van der Waals surface area contributed by atoms with E-state index in [0.717, 1.165) is 40.0 Å². The molecule has 2 aromatic heterocycles. The molecule has 2 amide bonds. The van der Waals surface area contributed by atoms with Gasteiger partial charge in [-0.1, -0.05) is 12.1 Å². The summed E-state index contributed by atoms with van der Waals surface area (Å²) in [7, 11) is 0. The summed E-state index contributed by atoms with van der Waals surface area (Å²) >= 11 is 0. The van der Waals surface area contributed by atoms with E-state index in [1.807, 2.05) is 0 Å². The zero-order valence-electron chi connectivity index (χ0n) is 21.1. The number of hydrogen-bond donors (Lipinski definition) is 2. The first kappa shape index (κ1) is 28.6. The molecule has 3 heterocycles. The molecule has 9 nitrogen and oxygen atoms in total. The zero-order chi connectivity index (χ0) is 30.3. The van der Waals surface area contributed by atoms with Crippen molar-refractivity contribution in [1.29, 1.82) is 0 Å². The first-order chi connectivity index (χ1) is 19.8. The van der Waals surface area contributed by atoms with Crippen LogP contribution < -0.4 is 15.8 Å². The molecule has 2 aromatic carbocycles. The van der Waals surface area contributed by atoms with Gasteiger partial charge in [-0.2, -0.15) is 27.1 Å². The molecule has 0 saturated carbocycles. The highest BCUT2D eigenvalue weighted by Gasteiger charge is 2.39. The number of rotatable bonds is 6. The van der Waals surface area contributed by atoms with Gasteiger partial charge >= 0.3 is 12.8 Å². The van der Waals surface area contributed by atoms with Crippen molar-refractivity contribution < 1.29 is 45.1 Å². The van der Waals surface area contributed by atoms with Crippen molar-refractivity contribution in [3.05, 3.63) is 77.4 Å². The van der Waals surface area contributed by atoms with Gasteiger partial charge in [-0.3, -0.25) is 9.59 Å². The average Bonchev–Trinajstić information content (AvgIpc) is 3.50. The second-order valence-electron chi connectivity index (χ2n) is 9.22. The number of nitrogens with zero attached hydrogens (tertiary/aromatic N) is 4. The molecular formula is C26H19F7N6O3. The molecule has 1 saturated heterocycles. The number of likely N-dealkylation sites (tertiary alicyclic amines) is 1. The Labute approximate surface area is 231 Å². The molecule has 0 spiro atoms. The number of nitrogens with two attached hydrogens (primary N) is 1. The lowest BCUT2D eigenvalue weighted by Gasteiger charge is -2.18. The Bertz CT molecular complexity index is 1680. The van der Waals surface area contributed by atoms with Crippen molar-refractivity contribution in [1.82, 2.24) is 24.8 Å². The first-order valence-electron chi connectivity index (χ1n) is 12.1. The predicted molar refractivity (Wildman–Crippen MR) is 133 cm³/mol. The minimum Gasteiger partial charge on any atom is -0.434 e. The van der Waals surface area contributed by atoms with Crippen molar-refractivity contribution in [3.8, 4) is 17.0 Å². The number of nitrogen functional groups attached to an aromatic ring is 1. The fourth-order valence-electron chi connectivity index (χ4n) is 4.67. The van der Waals surface area contributed by atoms with Crippen LogP contribution in [0.1, 0.15) is 26.3 Å². The second kappa shape index (κ2) is 10.8. The molecule has 0 bridgehead atoms. The molecular weight excluding hydrogens is 577 g/mol. The van der Waals surface area contributed by atoms with Crippen LogP contribution in [0.2, 0.25) is 0 Å². The minimum atomic E-state index is -4.87. The van der Waals surface area contributed by atoms with E-state index in [2.05, 4.69) is 20.1 Å². The number of hydrogen-bond acceptors (Lipinski definition) is 6. The van der Waals surface area contributed by atoms with Crippen LogP contribution in [0.3, 0.4) is 0 Å². The van der Waals surface area contributed by atoms with Crippen molar-refractivity contribution in [2.45, 2.75) is 25.0 Å². The number of aromatic nitrogens is 3. The fourth-order valence-corrected chi connectivity index (χ4v) is 4.67. The number of alkyl halides is 6. The van der Waals surface area contributed by atoms with Crippen LogP contribution in [0.15, 0.2) is 54.9 Å². The zero-order valence-corrected chi connectivity index (χ0v) is 21.1. The van der Waals surface area contributed by atoms with E-state index in [1.165, 1.54) is 18.2 Å². The number of nitrogens with one attached hydrogen (secondary N) is 1. The Balaban J connectivity index is 1.47. The Hall–Kier alpha value is -4.89. The van der Waals surface area contributed by atoms with Crippen molar-refractivity contribution >= 4 is 23.1 Å². The van der Waals surface area contributed by atoms with Gasteiger partial charge in [0.2, 0.25) is 0 Å². The van der Waals surface area contributed by atoms with Crippen LogP contribution >= 0.6 is 0 Å². The van der Waals surface area contributed by atoms with Crippen molar-refractivity contribution in [2.24, 2.45) is 0 Å². The molecule has 0 aliphatic carbocycles. The lowest BCUT2D eigenvalue weighted by atomic mass is 10.1. The Morgan fingerprint density at radius 2 is 1.81 bits per heavy atom. The summed E-state index contributed by atoms with van der Waals surface area (Å²) in [4.78, 5) is 30.5. The van der Waals surface area contributed by atoms with Gasteiger partial charge in [0.1, 0.15) is 29.6 Å². The maximum atomic E-state index is 14.9. The second-order valence-corrected chi connectivity index (χ2v) is 9.22. The van der Waals surface area contributed by atoms with Gasteiger partial charge in [-0.15, -0.1) is 0 Å². The Morgan fingerprint density at radius 3 is 2.50 bits per heavy atom. The largest absolute Gasteiger partial charge is 0.434 e. The van der Waals surface area contributed by atoms with Crippen molar-refractivity contribution in [2.75, 3.05) is 18.8 Å². The van der Waals surface area contributed by atoms with Gasteiger partial charge in [0, 0.05) is 12.1 Å². The summed E-state index contributed by atoms with van der Waals surface area (Å²) in [6.45, 7) is -4.25. The van der Waals surface area contributed by atoms with Crippen molar-refractivity contribution in [3.63, 3.8) is 0 Å². The molecule has 0 unspecified atom stereocenters. The molecule has 2 atom stereocenters. The molecule has 16 heteroatoms. The standard InChI is InChI=1S/C26H19F7N6O3/c27-16-4-2-1-3-13(16)24(41)38-9-17(28)18(10-38)37-23(40)14-7-12(5-6-20(14)42-25(29)30)19-8-15(26(31,32)33)21-22(34)35-11-36-39(19)21/h1-8,11,17-18,25H,9-10H2,(H,37,40)(H2,34,35,36)/t17-,18+/m0/s1. The van der Waals surface area contributed by atoms with E-state index in [9.17, 15) is 40.3 Å². The number of benzene rings is 2. The monoisotopic (exact) mass is 596 g/mol. The van der Waals surface area contributed by atoms with Crippen LogP contribution in [0, 0.1) is 5.82 Å². The average molecular weight is 596 g/mol. The lowest BCUT2D eigenvalue weighted by Crippen LogP contribution is -2.42. The van der Waals surface area contributed by atoms with Crippen LogP contribution in [-0.4, -0.2) is 63.2 Å². The van der Waals surface area contributed by atoms with E-state index >= 15 is 0 Å². The van der Waals surface area contributed by atoms with Crippen LogP contribution in [-0.2, 0) is 6.18 Å². The van der Waals surface area contributed by atoms with E-state index < -0.39 is 77.4 Å². The molecule has 4 aromatic rings. The molecule has 0 radical (unpaired) electrons. The van der Waals surface area contributed by atoms with E-state index in [4.69, 9.17) is 5.73 Å². The first-order valence-corrected chi connectivity index (χ1v) is 12.1. The maximum Gasteiger partial charge on any atom is 0.418 e. The predicted octanol–water partition coefficient (Wildman–Crippen LogP) is 4.33. The number of amides is 2. The highest BCUT2D eigenvalue weighted by Crippen LogP contribution is 2.39. The van der Waals surface area contributed by atoms with Gasteiger partial charge < -0.3 is 20.7 Å². The Morgan fingerprint density at radius 1 is 1.07 bits per heavy atom. The van der Waals surface area contributed by atoms with Gasteiger partial charge in [0.15, 0.2) is 5.82 Å². The maximum absolute atomic E-state index is 14.9. The highest BCUT2D eigenvalue weighted by molar-refractivity contribution is 5.99. The molecule has 1 aliphatic rings. The Kier molecular flexibility index (Phi) is 7.38. The molecule has 42 heavy (non-hydrogen) atoms. The number of fused-ring (bicyclic) bond motifs is 1. The molecule has 1 fully saturated rings. The minimum absolute atomic E-state index is 0.0788.